The van der Waals surface area contributed by atoms with Crippen LogP contribution in [-0.4, -0.2) is 43.1 Å². The molecule has 0 bridgehead atoms. The number of allylic oxidation sites excluding steroid dienone is 1. The lowest BCUT2D eigenvalue weighted by atomic mass is 10.0. The van der Waals surface area contributed by atoms with Crippen LogP contribution in [0.25, 0.3) is 6.08 Å². The molecule has 0 aliphatic carbocycles. The Morgan fingerprint density at radius 1 is 1.38 bits per heavy atom. The molecule has 1 aromatic rings. The Balaban J connectivity index is 2.04. The van der Waals surface area contributed by atoms with Gasteiger partial charge in [-0.25, -0.2) is 4.79 Å². The molecule has 0 saturated carbocycles. The predicted molar refractivity (Wildman–Crippen MR) is 99.8 cm³/mol. The minimum Gasteiger partial charge on any atom is -0.465 e. The maximum Gasteiger partial charge on any atom is 0.340 e. The topological polar surface area (TPSA) is 55.8 Å². The molecule has 1 fully saturated rings. The Kier molecular flexibility index (Phi) is 5.70. The standard InChI is InChI=1S/C19H19Cl2NO4/c1-11-17(19(24)25-2)14(9-13-15(20)6-3-7-16(13)21)18(23)22(11)10-12-5-4-8-26-12/h3,6-7,9,12H,4-5,8,10H2,1-2H3/b14-9-/t12-/m1/s1. The highest BCUT2D eigenvalue weighted by Gasteiger charge is 2.38. The molecule has 2 aliphatic rings. The molecule has 138 valence electrons. The zero-order valence-corrected chi connectivity index (χ0v) is 16.1. The van der Waals surface area contributed by atoms with E-state index in [1.54, 1.807) is 36.1 Å². The molecule has 1 atom stereocenters. The number of rotatable bonds is 4. The van der Waals surface area contributed by atoms with Gasteiger partial charge >= 0.3 is 5.97 Å². The van der Waals surface area contributed by atoms with Crippen LogP contribution in [0.4, 0.5) is 0 Å². The predicted octanol–water partition coefficient (Wildman–Crippen LogP) is 3.85. The molecule has 0 aromatic heterocycles. The van der Waals surface area contributed by atoms with E-state index in [1.165, 1.54) is 7.11 Å². The van der Waals surface area contributed by atoms with Gasteiger partial charge in [0.05, 0.1) is 30.9 Å². The molecule has 2 aliphatic heterocycles. The third-order valence-electron chi connectivity index (χ3n) is 4.60. The van der Waals surface area contributed by atoms with Crippen molar-refractivity contribution in [1.29, 1.82) is 0 Å². The van der Waals surface area contributed by atoms with E-state index in [2.05, 4.69) is 0 Å². The van der Waals surface area contributed by atoms with Crippen LogP contribution in [0.3, 0.4) is 0 Å². The minimum atomic E-state index is -0.569. The lowest BCUT2D eigenvalue weighted by molar-refractivity contribution is -0.136. The normalized spacial score (nSPS) is 21.8. The van der Waals surface area contributed by atoms with Crippen molar-refractivity contribution in [3.05, 3.63) is 50.7 Å². The van der Waals surface area contributed by atoms with Crippen LogP contribution >= 0.6 is 23.2 Å². The molecule has 3 rings (SSSR count). The van der Waals surface area contributed by atoms with Crippen LogP contribution in [0.5, 0.6) is 0 Å². The molecule has 7 heteroatoms. The smallest absolute Gasteiger partial charge is 0.340 e. The third kappa shape index (κ3) is 3.52. The van der Waals surface area contributed by atoms with Crippen LogP contribution in [0.2, 0.25) is 10.0 Å². The van der Waals surface area contributed by atoms with Crippen LogP contribution < -0.4 is 0 Å². The number of hydrogen-bond acceptors (Lipinski definition) is 4. The lowest BCUT2D eigenvalue weighted by Gasteiger charge is -2.21. The van der Waals surface area contributed by atoms with Gasteiger partial charge in [-0.2, -0.15) is 0 Å². The summed E-state index contributed by atoms with van der Waals surface area (Å²) in [6, 6.07) is 5.07. The Labute approximate surface area is 162 Å². The molecule has 1 aromatic carbocycles. The largest absolute Gasteiger partial charge is 0.465 e. The summed E-state index contributed by atoms with van der Waals surface area (Å²) in [5.74, 6) is -0.852. The fourth-order valence-corrected chi connectivity index (χ4v) is 3.74. The van der Waals surface area contributed by atoms with Crippen molar-refractivity contribution in [2.24, 2.45) is 0 Å². The number of esters is 1. The Bertz CT molecular complexity index is 790. The number of benzene rings is 1. The highest BCUT2D eigenvalue weighted by Crippen LogP contribution is 2.35. The summed E-state index contributed by atoms with van der Waals surface area (Å²) in [5, 5.41) is 0.800. The van der Waals surface area contributed by atoms with Crippen LogP contribution in [0.15, 0.2) is 35.0 Å². The van der Waals surface area contributed by atoms with E-state index in [0.29, 0.717) is 34.5 Å². The maximum atomic E-state index is 13.0. The molecule has 5 nitrogen and oxygen atoms in total. The van der Waals surface area contributed by atoms with E-state index in [9.17, 15) is 9.59 Å². The van der Waals surface area contributed by atoms with Crippen LogP contribution in [0.1, 0.15) is 25.3 Å². The van der Waals surface area contributed by atoms with E-state index in [1.807, 2.05) is 0 Å². The summed E-state index contributed by atoms with van der Waals surface area (Å²) in [5.41, 5.74) is 1.49. The average Bonchev–Trinajstić information content (AvgIpc) is 3.20. The lowest BCUT2D eigenvalue weighted by Crippen LogP contribution is -2.33. The summed E-state index contributed by atoms with van der Waals surface area (Å²) in [6.45, 7) is 2.82. The van der Waals surface area contributed by atoms with Crippen molar-refractivity contribution in [3.63, 3.8) is 0 Å². The molecule has 1 saturated heterocycles. The van der Waals surface area contributed by atoms with Crippen LogP contribution in [0, 0.1) is 0 Å². The summed E-state index contributed by atoms with van der Waals surface area (Å²) >= 11 is 12.4. The van der Waals surface area contributed by atoms with E-state index in [0.717, 1.165) is 12.8 Å². The molecule has 1 amide bonds. The van der Waals surface area contributed by atoms with Crippen molar-refractivity contribution in [2.45, 2.75) is 25.9 Å². The summed E-state index contributed by atoms with van der Waals surface area (Å²) in [6.07, 6.45) is 3.38. The molecule has 2 heterocycles. The summed E-state index contributed by atoms with van der Waals surface area (Å²) in [4.78, 5) is 26.9. The van der Waals surface area contributed by atoms with Crippen LogP contribution in [-0.2, 0) is 19.1 Å². The van der Waals surface area contributed by atoms with Gasteiger partial charge in [0.1, 0.15) is 0 Å². The Morgan fingerprint density at radius 3 is 2.65 bits per heavy atom. The van der Waals surface area contributed by atoms with Gasteiger partial charge in [0.25, 0.3) is 5.91 Å². The number of methoxy groups -OCH3 is 1. The molecular formula is C19H19Cl2NO4. The Hall–Kier alpha value is -1.82. The summed E-state index contributed by atoms with van der Waals surface area (Å²) in [7, 11) is 1.29. The minimum absolute atomic E-state index is 0.0314. The van der Waals surface area contributed by atoms with Gasteiger partial charge in [-0.15, -0.1) is 0 Å². The molecule has 0 N–H and O–H groups in total. The first kappa shape index (κ1) is 19.0. The number of hydrogen-bond donors (Lipinski definition) is 0. The highest BCUT2D eigenvalue weighted by molar-refractivity contribution is 6.37. The second-order valence-corrected chi connectivity index (χ2v) is 7.01. The average molecular weight is 396 g/mol. The molecular weight excluding hydrogens is 377 g/mol. The molecule has 26 heavy (non-hydrogen) atoms. The summed E-state index contributed by atoms with van der Waals surface area (Å²) < 4.78 is 10.5. The van der Waals surface area contributed by atoms with Crippen molar-refractivity contribution in [2.75, 3.05) is 20.3 Å². The van der Waals surface area contributed by atoms with Gasteiger partial charge in [0.15, 0.2) is 0 Å². The SMILES string of the molecule is COC(=O)C1=C(C)N(C[C@H]2CCCO2)C(=O)/C1=C\c1c(Cl)cccc1Cl. The number of carbonyl (C=O) groups is 2. The first-order chi connectivity index (χ1) is 12.4. The number of carbonyl (C=O) groups excluding carboxylic acids is 2. The third-order valence-corrected chi connectivity index (χ3v) is 5.26. The van der Waals surface area contributed by atoms with Crippen molar-refractivity contribution >= 4 is 41.2 Å². The zero-order chi connectivity index (χ0) is 18.8. The second kappa shape index (κ2) is 7.82. The quantitative estimate of drug-likeness (QED) is 0.573. The van der Waals surface area contributed by atoms with E-state index < -0.39 is 5.97 Å². The second-order valence-electron chi connectivity index (χ2n) is 6.20. The molecule has 0 spiro atoms. The van der Waals surface area contributed by atoms with Gasteiger partial charge in [-0.1, -0.05) is 29.3 Å². The maximum absolute atomic E-state index is 13.0. The first-order valence-corrected chi connectivity index (χ1v) is 9.08. The highest BCUT2D eigenvalue weighted by atomic mass is 35.5. The zero-order valence-electron chi connectivity index (χ0n) is 14.6. The number of halogens is 2. The van der Waals surface area contributed by atoms with E-state index >= 15 is 0 Å². The van der Waals surface area contributed by atoms with Crippen molar-refractivity contribution in [3.8, 4) is 0 Å². The van der Waals surface area contributed by atoms with E-state index in [-0.39, 0.29) is 23.2 Å². The number of nitrogens with zero attached hydrogens (tertiary/aromatic N) is 1. The van der Waals surface area contributed by atoms with Gasteiger partial charge in [-0.3, -0.25) is 4.79 Å². The molecule has 0 radical (unpaired) electrons. The van der Waals surface area contributed by atoms with Gasteiger partial charge in [0, 0.05) is 27.9 Å². The number of ether oxygens (including phenoxy) is 2. The fraction of sp³-hybridized carbons (Fsp3) is 0.368. The van der Waals surface area contributed by atoms with Gasteiger partial charge < -0.3 is 14.4 Å². The van der Waals surface area contributed by atoms with Gasteiger partial charge in [-0.05, 0) is 38.0 Å². The van der Waals surface area contributed by atoms with Crippen molar-refractivity contribution < 1.29 is 19.1 Å². The van der Waals surface area contributed by atoms with E-state index in [4.69, 9.17) is 32.7 Å². The first-order valence-electron chi connectivity index (χ1n) is 8.32. The van der Waals surface area contributed by atoms with Crippen molar-refractivity contribution in [1.82, 2.24) is 4.90 Å². The molecule has 0 unspecified atom stereocenters. The van der Waals surface area contributed by atoms with Gasteiger partial charge in [0.2, 0.25) is 0 Å². The Morgan fingerprint density at radius 2 is 2.08 bits per heavy atom. The monoisotopic (exact) mass is 395 g/mol. The fourth-order valence-electron chi connectivity index (χ4n) is 3.23. The number of amides is 1.